The lowest BCUT2D eigenvalue weighted by Gasteiger charge is -2.19. The number of Topliss-reactive ketones (excluding diaryl/α,β-unsaturated/α-hetero) is 1. The SMILES string of the molecule is C[C@]1(C(=O)CC#N)CCCO1. The summed E-state index contributed by atoms with van der Waals surface area (Å²) >= 11 is 0. The topological polar surface area (TPSA) is 50.1 Å². The first kappa shape index (κ1) is 8.22. The number of rotatable bonds is 2. The van der Waals surface area contributed by atoms with E-state index >= 15 is 0 Å². The van der Waals surface area contributed by atoms with E-state index in [0.29, 0.717) is 6.61 Å². The highest BCUT2D eigenvalue weighted by Gasteiger charge is 2.36. The van der Waals surface area contributed by atoms with Gasteiger partial charge in [-0.3, -0.25) is 4.79 Å². The minimum Gasteiger partial charge on any atom is -0.367 e. The van der Waals surface area contributed by atoms with Crippen molar-refractivity contribution < 1.29 is 9.53 Å². The van der Waals surface area contributed by atoms with Crippen LogP contribution in [-0.4, -0.2) is 18.0 Å². The van der Waals surface area contributed by atoms with Crippen LogP contribution in [0.5, 0.6) is 0 Å². The van der Waals surface area contributed by atoms with Crippen molar-refractivity contribution in [2.24, 2.45) is 0 Å². The fourth-order valence-electron chi connectivity index (χ4n) is 1.26. The van der Waals surface area contributed by atoms with Crippen LogP contribution in [0.25, 0.3) is 0 Å². The van der Waals surface area contributed by atoms with Gasteiger partial charge in [-0.05, 0) is 19.8 Å². The molecule has 3 nitrogen and oxygen atoms in total. The summed E-state index contributed by atoms with van der Waals surface area (Å²) in [5.41, 5.74) is -0.657. The summed E-state index contributed by atoms with van der Waals surface area (Å²) < 4.78 is 5.25. The zero-order valence-electron chi connectivity index (χ0n) is 6.59. The van der Waals surface area contributed by atoms with Crippen molar-refractivity contribution in [3.8, 4) is 6.07 Å². The second kappa shape index (κ2) is 3.02. The molecule has 0 aromatic heterocycles. The number of hydrogen-bond acceptors (Lipinski definition) is 3. The van der Waals surface area contributed by atoms with Crippen LogP contribution in [0.15, 0.2) is 0 Å². The van der Waals surface area contributed by atoms with Gasteiger partial charge in [0, 0.05) is 6.61 Å². The number of nitriles is 1. The number of ether oxygens (including phenoxy) is 1. The molecule has 0 radical (unpaired) electrons. The van der Waals surface area contributed by atoms with Crippen LogP contribution in [0.3, 0.4) is 0 Å². The van der Waals surface area contributed by atoms with Gasteiger partial charge >= 0.3 is 0 Å². The Morgan fingerprint density at radius 3 is 3.00 bits per heavy atom. The maximum atomic E-state index is 11.2. The standard InChI is InChI=1S/C8H11NO2/c1-8(4-2-6-11-8)7(10)3-5-9/h2-4,6H2,1H3/t8-/m1/s1. The van der Waals surface area contributed by atoms with E-state index in [9.17, 15) is 4.79 Å². The first-order chi connectivity index (χ1) is 5.19. The minimum absolute atomic E-state index is 0.0312. The van der Waals surface area contributed by atoms with E-state index in [2.05, 4.69) is 0 Å². The van der Waals surface area contributed by atoms with Crippen LogP contribution in [0.4, 0.5) is 0 Å². The number of nitrogens with zero attached hydrogens (tertiary/aromatic N) is 1. The van der Waals surface area contributed by atoms with Crippen LogP contribution in [-0.2, 0) is 9.53 Å². The molecule has 1 aliphatic rings. The van der Waals surface area contributed by atoms with Crippen molar-refractivity contribution in [1.82, 2.24) is 0 Å². The van der Waals surface area contributed by atoms with Crippen molar-refractivity contribution in [2.45, 2.75) is 31.8 Å². The lowest BCUT2D eigenvalue weighted by molar-refractivity contribution is -0.136. The zero-order chi connectivity index (χ0) is 8.32. The molecule has 1 atom stereocenters. The van der Waals surface area contributed by atoms with Gasteiger partial charge in [0.2, 0.25) is 0 Å². The maximum absolute atomic E-state index is 11.2. The quantitative estimate of drug-likeness (QED) is 0.595. The number of carbonyl (C=O) groups is 1. The first-order valence-corrected chi connectivity index (χ1v) is 3.73. The van der Waals surface area contributed by atoms with Gasteiger partial charge in [-0.1, -0.05) is 0 Å². The van der Waals surface area contributed by atoms with E-state index in [1.165, 1.54) is 0 Å². The van der Waals surface area contributed by atoms with Crippen LogP contribution in [0.2, 0.25) is 0 Å². The molecule has 0 amide bonds. The van der Waals surface area contributed by atoms with E-state index in [0.717, 1.165) is 12.8 Å². The maximum Gasteiger partial charge on any atom is 0.178 e. The highest BCUT2D eigenvalue weighted by molar-refractivity contribution is 5.88. The monoisotopic (exact) mass is 153 g/mol. The summed E-state index contributed by atoms with van der Waals surface area (Å²) in [4.78, 5) is 11.2. The van der Waals surface area contributed by atoms with Gasteiger partial charge in [-0.15, -0.1) is 0 Å². The Labute approximate surface area is 66.0 Å². The molecule has 1 rings (SSSR count). The van der Waals surface area contributed by atoms with E-state index in [1.54, 1.807) is 6.92 Å². The van der Waals surface area contributed by atoms with E-state index in [1.807, 2.05) is 6.07 Å². The lowest BCUT2D eigenvalue weighted by atomic mass is 9.96. The molecule has 1 aliphatic heterocycles. The van der Waals surface area contributed by atoms with E-state index in [-0.39, 0.29) is 12.2 Å². The Morgan fingerprint density at radius 2 is 2.55 bits per heavy atom. The fraction of sp³-hybridized carbons (Fsp3) is 0.750. The normalized spacial score (nSPS) is 29.8. The van der Waals surface area contributed by atoms with Gasteiger partial charge in [0.25, 0.3) is 0 Å². The van der Waals surface area contributed by atoms with Crippen LogP contribution < -0.4 is 0 Å². The average Bonchev–Trinajstić information content (AvgIpc) is 2.38. The molecule has 0 bridgehead atoms. The molecule has 1 heterocycles. The van der Waals surface area contributed by atoms with Gasteiger partial charge in [0.1, 0.15) is 5.60 Å². The second-order valence-corrected chi connectivity index (χ2v) is 2.94. The predicted molar refractivity (Wildman–Crippen MR) is 38.8 cm³/mol. The van der Waals surface area contributed by atoms with Crippen molar-refractivity contribution >= 4 is 5.78 Å². The van der Waals surface area contributed by atoms with Gasteiger partial charge < -0.3 is 4.74 Å². The third-order valence-corrected chi connectivity index (χ3v) is 2.05. The summed E-state index contributed by atoms with van der Waals surface area (Å²) in [6.07, 6.45) is 1.65. The largest absolute Gasteiger partial charge is 0.367 e. The fourth-order valence-corrected chi connectivity index (χ4v) is 1.26. The van der Waals surface area contributed by atoms with Crippen LogP contribution in [0.1, 0.15) is 26.2 Å². The van der Waals surface area contributed by atoms with Crippen molar-refractivity contribution in [2.75, 3.05) is 6.61 Å². The third-order valence-electron chi connectivity index (χ3n) is 2.05. The molecular formula is C8H11NO2. The summed E-state index contributed by atoms with van der Waals surface area (Å²) in [7, 11) is 0. The molecule has 0 aromatic carbocycles. The van der Waals surface area contributed by atoms with Crippen molar-refractivity contribution in [1.29, 1.82) is 5.26 Å². The second-order valence-electron chi connectivity index (χ2n) is 2.94. The van der Waals surface area contributed by atoms with Gasteiger partial charge in [0.15, 0.2) is 5.78 Å². The first-order valence-electron chi connectivity index (χ1n) is 3.73. The molecular weight excluding hydrogens is 142 g/mol. The number of ketones is 1. The van der Waals surface area contributed by atoms with Crippen molar-refractivity contribution in [3.05, 3.63) is 0 Å². The summed E-state index contributed by atoms with van der Waals surface area (Å²) in [6.45, 7) is 2.41. The van der Waals surface area contributed by atoms with Crippen LogP contribution in [0, 0.1) is 11.3 Å². The summed E-state index contributed by atoms with van der Waals surface area (Å²) in [5, 5.41) is 8.29. The zero-order valence-corrected chi connectivity index (χ0v) is 6.59. The molecule has 0 aromatic rings. The van der Waals surface area contributed by atoms with Crippen molar-refractivity contribution in [3.63, 3.8) is 0 Å². The van der Waals surface area contributed by atoms with Gasteiger partial charge in [-0.2, -0.15) is 5.26 Å². The molecule has 0 saturated carbocycles. The molecule has 1 fully saturated rings. The predicted octanol–water partition coefficient (Wildman–Crippen LogP) is 1.04. The van der Waals surface area contributed by atoms with Gasteiger partial charge in [0.05, 0.1) is 12.5 Å². The Morgan fingerprint density at radius 1 is 1.82 bits per heavy atom. The molecule has 0 N–H and O–H groups in total. The molecule has 0 unspecified atom stereocenters. The molecule has 1 saturated heterocycles. The molecule has 60 valence electrons. The van der Waals surface area contributed by atoms with Crippen LogP contribution >= 0.6 is 0 Å². The highest BCUT2D eigenvalue weighted by Crippen LogP contribution is 2.26. The lowest BCUT2D eigenvalue weighted by Crippen LogP contribution is -2.33. The molecule has 11 heavy (non-hydrogen) atoms. The Hall–Kier alpha value is -0.880. The smallest absolute Gasteiger partial charge is 0.178 e. The van der Waals surface area contributed by atoms with Gasteiger partial charge in [-0.25, -0.2) is 0 Å². The van der Waals surface area contributed by atoms with E-state index in [4.69, 9.17) is 10.00 Å². The molecule has 0 aliphatic carbocycles. The molecule has 0 spiro atoms. The minimum atomic E-state index is -0.657. The Kier molecular flexibility index (Phi) is 2.25. The Bertz CT molecular complexity index is 199. The third kappa shape index (κ3) is 1.58. The summed E-state index contributed by atoms with van der Waals surface area (Å²) in [6, 6.07) is 1.84. The summed E-state index contributed by atoms with van der Waals surface area (Å²) in [5.74, 6) is -0.0856. The van der Waals surface area contributed by atoms with E-state index < -0.39 is 5.60 Å². The average molecular weight is 153 g/mol. The Balaban J connectivity index is 2.58. The molecule has 3 heteroatoms. The highest BCUT2D eigenvalue weighted by atomic mass is 16.5. The number of hydrogen-bond donors (Lipinski definition) is 0. The number of carbonyl (C=O) groups excluding carboxylic acids is 1.